The van der Waals surface area contributed by atoms with Gasteiger partial charge >= 0.3 is 0 Å². The minimum absolute atomic E-state index is 0.0473. The molecule has 7 heteroatoms. The van der Waals surface area contributed by atoms with Crippen LogP contribution in [0.1, 0.15) is 60.1 Å². The first-order valence-electron chi connectivity index (χ1n) is 8.66. The van der Waals surface area contributed by atoms with E-state index in [9.17, 15) is 4.79 Å². The summed E-state index contributed by atoms with van der Waals surface area (Å²) in [7, 11) is 3.63. The van der Waals surface area contributed by atoms with E-state index in [4.69, 9.17) is 0 Å². The number of hydrogen-bond acceptors (Lipinski definition) is 4. The van der Waals surface area contributed by atoms with Crippen LogP contribution in [0.4, 0.5) is 0 Å². The van der Waals surface area contributed by atoms with Crippen LogP contribution in [-0.2, 0) is 20.0 Å². The zero-order chi connectivity index (χ0) is 17.1. The SMILES string of the molecule is CCc1n[nH]c(CN2CCCC[C@H]2c2ccc(C(=O)NC)n2C)n1. The van der Waals surface area contributed by atoms with Gasteiger partial charge < -0.3 is 9.88 Å². The number of nitrogens with one attached hydrogen (secondary N) is 2. The predicted molar refractivity (Wildman–Crippen MR) is 91.6 cm³/mol. The molecule has 2 aromatic heterocycles. The molecule has 1 saturated heterocycles. The molecule has 3 heterocycles. The van der Waals surface area contributed by atoms with Crippen molar-refractivity contribution in [1.29, 1.82) is 0 Å². The number of nitrogens with zero attached hydrogens (tertiary/aromatic N) is 4. The predicted octanol–water partition coefficient (Wildman–Crippen LogP) is 1.79. The van der Waals surface area contributed by atoms with Gasteiger partial charge in [-0.1, -0.05) is 13.3 Å². The van der Waals surface area contributed by atoms with Crippen LogP contribution in [0, 0.1) is 0 Å². The third-order valence-corrected chi connectivity index (χ3v) is 4.82. The summed E-state index contributed by atoms with van der Waals surface area (Å²) in [5.74, 6) is 1.73. The topological polar surface area (TPSA) is 78.8 Å². The minimum atomic E-state index is -0.0473. The lowest BCUT2D eigenvalue weighted by molar-refractivity contribution is 0.0952. The highest BCUT2D eigenvalue weighted by atomic mass is 16.1. The number of likely N-dealkylation sites (tertiary alicyclic amines) is 1. The van der Waals surface area contributed by atoms with E-state index in [1.165, 1.54) is 18.5 Å². The van der Waals surface area contributed by atoms with E-state index in [0.29, 0.717) is 11.7 Å². The smallest absolute Gasteiger partial charge is 0.267 e. The minimum Gasteiger partial charge on any atom is -0.354 e. The summed E-state index contributed by atoms with van der Waals surface area (Å²) in [6.07, 6.45) is 4.34. The number of carbonyl (C=O) groups is 1. The van der Waals surface area contributed by atoms with E-state index >= 15 is 0 Å². The molecule has 24 heavy (non-hydrogen) atoms. The molecule has 0 spiro atoms. The molecule has 2 N–H and O–H groups in total. The van der Waals surface area contributed by atoms with Crippen molar-refractivity contribution >= 4 is 5.91 Å². The molecular formula is C17H26N6O. The Morgan fingerprint density at radius 1 is 1.42 bits per heavy atom. The molecule has 0 radical (unpaired) electrons. The van der Waals surface area contributed by atoms with Crippen molar-refractivity contribution in [2.24, 2.45) is 7.05 Å². The molecule has 7 nitrogen and oxygen atoms in total. The van der Waals surface area contributed by atoms with Gasteiger partial charge in [0.05, 0.1) is 12.6 Å². The van der Waals surface area contributed by atoms with E-state index in [2.05, 4.69) is 38.4 Å². The Hall–Kier alpha value is -2.15. The Morgan fingerprint density at radius 2 is 2.25 bits per heavy atom. The largest absolute Gasteiger partial charge is 0.354 e. The van der Waals surface area contributed by atoms with Crippen molar-refractivity contribution in [3.8, 4) is 0 Å². The first-order chi connectivity index (χ1) is 11.6. The summed E-state index contributed by atoms with van der Waals surface area (Å²) in [5, 5.41) is 9.98. The highest BCUT2D eigenvalue weighted by molar-refractivity contribution is 5.92. The van der Waals surface area contributed by atoms with Gasteiger partial charge in [0.1, 0.15) is 17.3 Å². The lowest BCUT2D eigenvalue weighted by atomic mass is 9.99. The number of aromatic nitrogens is 4. The second-order valence-electron chi connectivity index (χ2n) is 6.32. The second-order valence-corrected chi connectivity index (χ2v) is 6.32. The fraction of sp³-hybridized carbons (Fsp3) is 0.588. The Kier molecular flexibility index (Phi) is 4.99. The first kappa shape index (κ1) is 16.7. The van der Waals surface area contributed by atoms with Crippen LogP contribution in [0.2, 0.25) is 0 Å². The van der Waals surface area contributed by atoms with Gasteiger partial charge in [0.25, 0.3) is 5.91 Å². The second kappa shape index (κ2) is 7.17. The molecule has 0 aromatic carbocycles. The third-order valence-electron chi connectivity index (χ3n) is 4.82. The van der Waals surface area contributed by atoms with E-state index < -0.39 is 0 Å². The molecule has 1 amide bonds. The van der Waals surface area contributed by atoms with Gasteiger partial charge in [-0.3, -0.25) is 14.8 Å². The van der Waals surface area contributed by atoms with Crippen LogP contribution >= 0.6 is 0 Å². The molecule has 3 rings (SSSR count). The maximum absolute atomic E-state index is 12.0. The Morgan fingerprint density at radius 3 is 2.96 bits per heavy atom. The van der Waals surface area contributed by atoms with Crippen LogP contribution in [0.5, 0.6) is 0 Å². The molecule has 130 valence electrons. The van der Waals surface area contributed by atoms with Crippen LogP contribution in [0.15, 0.2) is 12.1 Å². The van der Waals surface area contributed by atoms with Crippen molar-refractivity contribution in [1.82, 2.24) is 30.0 Å². The summed E-state index contributed by atoms with van der Waals surface area (Å²) in [6, 6.07) is 4.29. The van der Waals surface area contributed by atoms with Gasteiger partial charge in [-0.05, 0) is 31.5 Å². The Balaban J connectivity index is 1.82. The molecule has 1 aliphatic heterocycles. The average Bonchev–Trinajstić information content (AvgIpc) is 3.21. The Labute approximate surface area is 142 Å². The van der Waals surface area contributed by atoms with Crippen LogP contribution in [0.3, 0.4) is 0 Å². The highest BCUT2D eigenvalue weighted by Gasteiger charge is 2.28. The van der Waals surface area contributed by atoms with Crippen molar-refractivity contribution in [3.05, 3.63) is 35.2 Å². The number of amides is 1. The van der Waals surface area contributed by atoms with Gasteiger partial charge in [0, 0.05) is 26.2 Å². The number of carbonyl (C=O) groups excluding carboxylic acids is 1. The van der Waals surface area contributed by atoms with Crippen LogP contribution in [0.25, 0.3) is 0 Å². The van der Waals surface area contributed by atoms with Gasteiger partial charge in [0.15, 0.2) is 0 Å². The van der Waals surface area contributed by atoms with Crippen molar-refractivity contribution in [3.63, 3.8) is 0 Å². The average molecular weight is 330 g/mol. The normalized spacial score (nSPS) is 18.7. The van der Waals surface area contributed by atoms with Crippen molar-refractivity contribution in [2.75, 3.05) is 13.6 Å². The lowest BCUT2D eigenvalue weighted by Crippen LogP contribution is -2.34. The number of piperidine rings is 1. The molecule has 0 aliphatic carbocycles. The number of aromatic amines is 1. The van der Waals surface area contributed by atoms with Crippen molar-refractivity contribution < 1.29 is 4.79 Å². The molecular weight excluding hydrogens is 304 g/mol. The number of H-pyrrole nitrogens is 1. The van der Waals surface area contributed by atoms with Crippen LogP contribution in [-0.4, -0.2) is 44.1 Å². The molecule has 1 atom stereocenters. The summed E-state index contributed by atoms with van der Waals surface area (Å²) < 4.78 is 2.01. The van der Waals surface area contributed by atoms with E-state index in [1.807, 2.05) is 17.7 Å². The molecule has 1 aliphatic rings. The maximum atomic E-state index is 12.0. The Bertz CT molecular complexity index is 704. The monoisotopic (exact) mass is 330 g/mol. The van der Waals surface area contributed by atoms with E-state index in [1.54, 1.807) is 7.05 Å². The summed E-state index contributed by atoms with van der Waals surface area (Å²) in [5.41, 5.74) is 1.88. The van der Waals surface area contributed by atoms with E-state index in [0.717, 1.165) is 37.6 Å². The molecule has 2 aromatic rings. The quantitative estimate of drug-likeness (QED) is 0.876. The standard InChI is InChI=1S/C17H26N6O/c1-4-15-19-16(21-20-15)11-23-10-6-5-7-13(23)12-8-9-14(22(12)3)17(24)18-2/h8-9,13H,4-7,10-11H2,1-3H3,(H,18,24)(H,19,20,21)/t13-/m0/s1. The summed E-state index contributed by atoms with van der Waals surface area (Å²) in [6.45, 7) is 3.85. The zero-order valence-electron chi connectivity index (χ0n) is 14.7. The zero-order valence-corrected chi connectivity index (χ0v) is 14.7. The summed E-state index contributed by atoms with van der Waals surface area (Å²) >= 11 is 0. The molecule has 0 unspecified atom stereocenters. The number of aryl methyl sites for hydroxylation is 1. The molecule has 0 bridgehead atoms. The lowest BCUT2D eigenvalue weighted by Gasteiger charge is -2.35. The van der Waals surface area contributed by atoms with Gasteiger partial charge in [-0.25, -0.2) is 4.98 Å². The summed E-state index contributed by atoms with van der Waals surface area (Å²) in [4.78, 5) is 18.9. The fourth-order valence-electron chi connectivity index (χ4n) is 3.49. The van der Waals surface area contributed by atoms with Gasteiger partial charge in [-0.2, -0.15) is 5.10 Å². The number of rotatable bonds is 5. The van der Waals surface area contributed by atoms with Crippen molar-refractivity contribution in [2.45, 2.75) is 45.2 Å². The van der Waals surface area contributed by atoms with E-state index in [-0.39, 0.29) is 5.91 Å². The molecule has 0 saturated carbocycles. The molecule has 1 fully saturated rings. The number of hydrogen-bond donors (Lipinski definition) is 2. The van der Waals surface area contributed by atoms with Crippen LogP contribution < -0.4 is 5.32 Å². The maximum Gasteiger partial charge on any atom is 0.267 e. The first-order valence-corrected chi connectivity index (χ1v) is 8.66. The van der Waals surface area contributed by atoms with Gasteiger partial charge in [0.2, 0.25) is 0 Å². The highest BCUT2D eigenvalue weighted by Crippen LogP contribution is 2.32. The third kappa shape index (κ3) is 3.21. The fourth-order valence-corrected chi connectivity index (χ4v) is 3.49. The van der Waals surface area contributed by atoms with Gasteiger partial charge in [-0.15, -0.1) is 0 Å².